The van der Waals surface area contributed by atoms with Crippen LogP contribution in [0.3, 0.4) is 0 Å². The van der Waals surface area contributed by atoms with Gasteiger partial charge in [0.1, 0.15) is 5.52 Å². The maximum Gasteiger partial charge on any atom is 0.235 e. The third kappa shape index (κ3) is 2.89. The first kappa shape index (κ1) is 14.3. The van der Waals surface area contributed by atoms with Crippen LogP contribution in [0.15, 0.2) is 47.2 Å². The summed E-state index contributed by atoms with van der Waals surface area (Å²) in [6.45, 7) is -0.114. The molecule has 0 aliphatic heterocycles. The number of halogens is 2. The Morgan fingerprint density at radius 2 is 2.24 bits per heavy atom. The molecule has 0 fully saturated rings. The van der Waals surface area contributed by atoms with Crippen molar-refractivity contribution in [3.05, 3.63) is 57.1 Å². The number of aromatic nitrogens is 1. The Hall–Kier alpha value is -1.60. The summed E-state index contributed by atoms with van der Waals surface area (Å²) in [6, 6.07) is 8.73. The van der Waals surface area contributed by atoms with Crippen molar-refractivity contribution < 1.29 is 13.9 Å². The predicted molar refractivity (Wildman–Crippen MR) is 88.0 cm³/mol. The smallest absolute Gasteiger partial charge is 0.235 e. The Morgan fingerprint density at radius 3 is 3.00 bits per heavy atom. The highest BCUT2D eigenvalue weighted by Crippen LogP contribution is 2.34. The molecule has 6 heteroatoms. The quantitative estimate of drug-likeness (QED) is 0.471. The molecule has 21 heavy (non-hydrogen) atoms. The monoisotopic (exact) mass is 413 g/mol. The van der Waals surface area contributed by atoms with Crippen molar-refractivity contribution in [1.82, 2.24) is 4.98 Å². The van der Waals surface area contributed by atoms with Crippen molar-refractivity contribution in [3.8, 4) is 5.75 Å². The minimum atomic E-state index is -0.227. The maximum atomic E-state index is 11.9. The molecule has 0 saturated heterocycles. The van der Waals surface area contributed by atoms with Gasteiger partial charge in [0.25, 0.3) is 0 Å². The Balaban J connectivity index is 1.92. The molecule has 0 spiro atoms. The number of nitrogens with zero attached hydrogens (tertiary/aromatic N) is 1. The lowest BCUT2D eigenvalue weighted by Crippen LogP contribution is -2.11. The topological polar surface area (TPSA) is 52.3 Å². The lowest BCUT2D eigenvalue weighted by Gasteiger charge is -2.11. The van der Waals surface area contributed by atoms with E-state index >= 15 is 0 Å². The molecule has 0 saturated carbocycles. The lowest BCUT2D eigenvalue weighted by atomic mass is 10.2. The third-order valence-electron chi connectivity index (χ3n) is 2.89. The first-order valence-corrected chi connectivity index (χ1v) is 7.54. The van der Waals surface area contributed by atoms with E-state index in [1.165, 1.54) is 6.26 Å². The number of ketones is 1. The van der Waals surface area contributed by atoms with Crippen LogP contribution in [0.4, 0.5) is 0 Å². The van der Waals surface area contributed by atoms with E-state index in [0.717, 1.165) is 8.96 Å². The predicted octanol–water partition coefficient (Wildman–Crippen LogP) is 4.35. The fourth-order valence-electron chi connectivity index (χ4n) is 1.93. The highest BCUT2D eigenvalue weighted by Gasteiger charge is 2.15. The van der Waals surface area contributed by atoms with Gasteiger partial charge in [0.05, 0.1) is 14.9 Å². The molecule has 0 bridgehead atoms. The van der Waals surface area contributed by atoms with E-state index in [2.05, 4.69) is 27.6 Å². The van der Waals surface area contributed by atoms with Crippen molar-refractivity contribution in [2.75, 3.05) is 6.61 Å². The minimum Gasteiger partial charge on any atom is -0.482 e. The van der Waals surface area contributed by atoms with Gasteiger partial charge in [0.15, 0.2) is 18.1 Å². The summed E-state index contributed by atoms with van der Waals surface area (Å²) in [5, 5.41) is 1.40. The normalized spacial score (nSPS) is 10.8. The molecule has 106 valence electrons. The molecular formula is C15H9ClINO3. The number of ether oxygens (including phenoxy) is 1. The van der Waals surface area contributed by atoms with E-state index < -0.39 is 0 Å². The standard InChI is InChI=1S/C15H9ClINO3/c16-10-7-11(17)15(14-9(10)3-1-5-18-14)21-8-12(19)13-4-2-6-20-13/h1-7H,8H2. The van der Waals surface area contributed by atoms with Crippen LogP contribution in [0.2, 0.25) is 5.02 Å². The average molecular weight is 414 g/mol. The van der Waals surface area contributed by atoms with Crippen LogP contribution in [-0.4, -0.2) is 17.4 Å². The number of rotatable bonds is 4. The van der Waals surface area contributed by atoms with Crippen LogP contribution in [0.25, 0.3) is 10.9 Å². The molecule has 0 aliphatic rings. The van der Waals surface area contributed by atoms with Crippen LogP contribution in [0, 0.1) is 3.57 Å². The molecule has 3 aromatic rings. The summed E-state index contributed by atoms with van der Waals surface area (Å²) in [6.07, 6.45) is 3.12. The van der Waals surface area contributed by atoms with Gasteiger partial charge in [-0.15, -0.1) is 0 Å². The number of carbonyl (C=O) groups excluding carboxylic acids is 1. The van der Waals surface area contributed by atoms with Crippen molar-refractivity contribution in [2.45, 2.75) is 0 Å². The number of hydrogen-bond acceptors (Lipinski definition) is 4. The Morgan fingerprint density at radius 1 is 1.38 bits per heavy atom. The largest absolute Gasteiger partial charge is 0.482 e. The number of fused-ring (bicyclic) bond motifs is 1. The van der Waals surface area contributed by atoms with Gasteiger partial charge in [-0.3, -0.25) is 9.78 Å². The molecule has 0 atom stereocenters. The molecule has 3 rings (SSSR count). The van der Waals surface area contributed by atoms with E-state index in [0.29, 0.717) is 16.3 Å². The first-order valence-electron chi connectivity index (χ1n) is 6.09. The molecular weight excluding hydrogens is 405 g/mol. The molecule has 0 radical (unpaired) electrons. The average Bonchev–Trinajstić information content (AvgIpc) is 3.01. The van der Waals surface area contributed by atoms with E-state index in [4.69, 9.17) is 20.8 Å². The van der Waals surface area contributed by atoms with Gasteiger partial charge >= 0.3 is 0 Å². The zero-order valence-corrected chi connectivity index (χ0v) is 13.6. The highest BCUT2D eigenvalue weighted by molar-refractivity contribution is 14.1. The SMILES string of the molecule is O=C(COc1c(I)cc(Cl)c2cccnc12)c1ccco1. The van der Waals surface area contributed by atoms with Crippen molar-refractivity contribution in [2.24, 2.45) is 0 Å². The second-order valence-electron chi connectivity index (χ2n) is 4.26. The van der Waals surface area contributed by atoms with Gasteiger partial charge < -0.3 is 9.15 Å². The van der Waals surface area contributed by atoms with Gasteiger partial charge in [-0.1, -0.05) is 11.6 Å². The van der Waals surface area contributed by atoms with Crippen molar-refractivity contribution in [1.29, 1.82) is 0 Å². The Labute approximate surface area is 139 Å². The Kier molecular flexibility index (Phi) is 4.12. The molecule has 0 aliphatic carbocycles. The van der Waals surface area contributed by atoms with E-state index in [1.807, 2.05) is 6.07 Å². The zero-order chi connectivity index (χ0) is 14.8. The molecule has 0 amide bonds. The van der Waals surface area contributed by atoms with Crippen molar-refractivity contribution >= 4 is 50.9 Å². The molecule has 4 nitrogen and oxygen atoms in total. The zero-order valence-electron chi connectivity index (χ0n) is 10.7. The summed E-state index contributed by atoms with van der Waals surface area (Å²) in [5.74, 6) is 0.599. The van der Waals surface area contributed by atoms with Gasteiger partial charge in [0, 0.05) is 11.6 Å². The van der Waals surface area contributed by atoms with Crippen LogP contribution in [0.1, 0.15) is 10.6 Å². The number of pyridine rings is 1. The summed E-state index contributed by atoms with van der Waals surface area (Å²) >= 11 is 8.31. The van der Waals surface area contributed by atoms with Crippen LogP contribution in [-0.2, 0) is 0 Å². The highest BCUT2D eigenvalue weighted by atomic mass is 127. The van der Waals surface area contributed by atoms with Gasteiger partial charge in [-0.05, 0) is 52.9 Å². The number of furan rings is 1. The maximum absolute atomic E-state index is 11.9. The molecule has 2 aromatic heterocycles. The second-order valence-corrected chi connectivity index (χ2v) is 5.83. The summed E-state index contributed by atoms with van der Waals surface area (Å²) in [4.78, 5) is 16.2. The van der Waals surface area contributed by atoms with Crippen LogP contribution < -0.4 is 4.74 Å². The summed E-state index contributed by atoms with van der Waals surface area (Å²) in [5.41, 5.74) is 0.640. The minimum absolute atomic E-state index is 0.114. The summed E-state index contributed by atoms with van der Waals surface area (Å²) in [7, 11) is 0. The lowest BCUT2D eigenvalue weighted by molar-refractivity contribution is 0.0894. The van der Waals surface area contributed by atoms with Gasteiger partial charge in [-0.25, -0.2) is 0 Å². The summed E-state index contributed by atoms with van der Waals surface area (Å²) < 4.78 is 11.5. The van der Waals surface area contributed by atoms with E-state index in [-0.39, 0.29) is 18.2 Å². The number of benzene rings is 1. The second kappa shape index (κ2) is 6.03. The molecule has 0 N–H and O–H groups in total. The van der Waals surface area contributed by atoms with E-state index in [1.54, 1.807) is 30.5 Å². The number of hydrogen-bond donors (Lipinski definition) is 0. The molecule has 0 unspecified atom stereocenters. The third-order valence-corrected chi connectivity index (χ3v) is 4.01. The van der Waals surface area contributed by atoms with Crippen molar-refractivity contribution in [3.63, 3.8) is 0 Å². The first-order chi connectivity index (χ1) is 10.2. The van der Waals surface area contributed by atoms with Crippen LogP contribution >= 0.6 is 34.2 Å². The van der Waals surface area contributed by atoms with Gasteiger partial charge in [0.2, 0.25) is 5.78 Å². The Bertz CT molecular complexity index is 802. The molecule has 1 aromatic carbocycles. The van der Waals surface area contributed by atoms with Gasteiger partial charge in [-0.2, -0.15) is 0 Å². The molecule has 2 heterocycles. The number of carbonyl (C=O) groups is 1. The number of Topliss-reactive ketones (excluding diaryl/α,β-unsaturated/α-hetero) is 1. The fraction of sp³-hybridized carbons (Fsp3) is 0.0667. The van der Waals surface area contributed by atoms with Crippen LogP contribution in [0.5, 0.6) is 5.75 Å². The van der Waals surface area contributed by atoms with E-state index in [9.17, 15) is 4.79 Å². The fourth-order valence-corrected chi connectivity index (χ4v) is 3.10.